The van der Waals surface area contributed by atoms with Crippen LogP contribution in [0.25, 0.3) is 0 Å². The number of rotatable bonds is 6. The molecule has 138 valence electrons. The molecule has 3 N–H and O–H groups in total. The van der Waals surface area contributed by atoms with Crippen LogP contribution in [0.5, 0.6) is 0 Å². The summed E-state index contributed by atoms with van der Waals surface area (Å²) in [5.74, 6) is -27.3. The number of carboxylic acids is 2. The maximum absolute atomic E-state index is 13.5. The Balaban J connectivity index is 3.28. The number of anilines is 1. The van der Waals surface area contributed by atoms with Gasteiger partial charge in [-0.25, -0.2) is 9.59 Å². The molecule has 0 heterocycles. The number of hydrogen-bond acceptors (Lipinski definition) is 3. The van der Waals surface area contributed by atoms with Gasteiger partial charge in [0.05, 0.1) is 11.3 Å². The van der Waals surface area contributed by atoms with Gasteiger partial charge in [0.25, 0.3) is 0 Å². The Morgan fingerprint density at radius 1 is 0.960 bits per heavy atom. The van der Waals surface area contributed by atoms with E-state index in [0.717, 1.165) is 23.5 Å². The number of carbonyl (C=O) groups excluding carboxylic acids is 1. The van der Waals surface area contributed by atoms with Gasteiger partial charge < -0.3 is 15.5 Å². The van der Waals surface area contributed by atoms with Crippen LogP contribution >= 0.6 is 0 Å². The normalized spacial score (nSPS) is 12.6. The van der Waals surface area contributed by atoms with Gasteiger partial charge in [0, 0.05) is 0 Å². The zero-order valence-corrected chi connectivity index (χ0v) is 12.1. The molecule has 0 radical (unpaired) electrons. The van der Waals surface area contributed by atoms with Crippen LogP contribution in [0.1, 0.15) is 15.9 Å². The van der Waals surface area contributed by atoms with Crippen LogP contribution in [0.2, 0.25) is 0 Å². The number of nitrogens with one attached hydrogen (secondary N) is 1. The smallest absolute Gasteiger partial charge is 0.411 e. The van der Waals surface area contributed by atoms with E-state index in [9.17, 15) is 40.7 Å². The van der Waals surface area contributed by atoms with E-state index in [1.807, 2.05) is 0 Å². The van der Waals surface area contributed by atoms with Crippen LogP contribution in [-0.2, 0) is 9.59 Å². The van der Waals surface area contributed by atoms with E-state index in [0.29, 0.717) is 5.56 Å². The topological polar surface area (TPSA) is 104 Å². The molecule has 25 heavy (non-hydrogen) atoms. The first-order valence-corrected chi connectivity index (χ1v) is 6.18. The number of benzene rings is 1. The van der Waals surface area contributed by atoms with Crippen molar-refractivity contribution in [3.8, 4) is 0 Å². The van der Waals surface area contributed by atoms with Crippen molar-refractivity contribution in [2.24, 2.45) is 0 Å². The molecule has 0 fully saturated rings. The summed E-state index contributed by atoms with van der Waals surface area (Å²) in [7, 11) is 0. The van der Waals surface area contributed by atoms with Gasteiger partial charge in [-0.3, -0.25) is 4.79 Å². The monoisotopic (exact) mass is 373 g/mol. The lowest BCUT2D eigenvalue weighted by molar-refractivity contribution is -0.291. The molecular formula is C13H9F6NO5. The minimum atomic E-state index is -6.58. The first-order valence-electron chi connectivity index (χ1n) is 6.18. The molecule has 6 nitrogen and oxygen atoms in total. The zero-order chi connectivity index (χ0) is 19.8. The highest BCUT2D eigenvalue weighted by Gasteiger charge is 2.78. The van der Waals surface area contributed by atoms with Crippen molar-refractivity contribution >= 4 is 23.5 Å². The lowest BCUT2D eigenvalue weighted by Gasteiger charge is -2.29. The third-order valence-electron chi connectivity index (χ3n) is 3.00. The molecule has 1 rings (SSSR count). The largest absolute Gasteiger partial charge is 0.478 e. The fraction of sp³-hybridized carbons (Fsp3) is 0.308. The fourth-order valence-corrected chi connectivity index (χ4v) is 1.62. The maximum atomic E-state index is 13.5. The average Bonchev–Trinajstić information content (AvgIpc) is 2.47. The Bertz CT molecular complexity index is 734. The van der Waals surface area contributed by atoms with Crippen LogP contribution in [0.15, 0.2) is 18.2 Å². The van der Waals surface area contributed by atoms with Crippen molar-refractivity contribution in [1.82, 2.24) is 0 Å². The van der Waals surface area contributed by atoms with E-state index in [1.54, 1.807) is 0 Å². The number of carboxylic acid groups (broad SMARTS) is 2. The van der Waals surface area contributed by atoms with Crippen LogP contribution < -0.4 is 5.32 Å². The molecular weight excluding hydrogens is 364 g/mol. The number of carbonyl (C=O) groups is 3. The van der Waals surface area contributed by atoms with Crippen molar-refractivity contribution in [3.05, 3.63) is 29.3 Å². The summed E-state index contributed by atoms with van der Waals surface area (Å²) in [6.45, 7) is 1.40. The Hall–Kier alpha value is -2.79. The van der Waals surface area contributed by atoms with Gasteiger partial charge >= 0.3 is 35.6 Å². The summed E-state index contributed by atoms with van der Waals surface area (Å²) in [5.41, 5.74) is -1.32. The summed E-state index contributed by atoms with van der Waals surface area (Å²) in [4.78, 5) is 32.4. The number of alkyl halides is 6. The second kappa shape index (κ2) is 6.26. The predicted octanol–water partition coefficient (Wildman–Crippen LogP) is 2.62. The van der Waals surface area contributed by atoms with Crippen molar-refractivity contribution in [3.63, 3.8) is 0 Å². The van der Waals surface area contributed by atoms with Gasteiger partial charge in [-0.15, -0.1) is 0 Å². The molecule has 0 aliphatic rings. The molecule has 0 bridgehead atoms. The number of aliphatic carboxylic acids is 1. The third kappa shape index (κ3) is 3.37. The Morgan fingerprint density at radius 2 is 1.48 bits per heavy atom. The summed E-state index contributed by atoms with van der Waals surface area (Å²) in [6, 6.07) is 2.81. The lowest BCUT2D eigenvalue weighted by atomic mass is 10.0. The van der Waals surface area contributed by atoms with Crippen molar-refractivity contribution in [2.45, 2.75) is 24.7 Å². The third-order valence-corrected chi connectivity index (χ3v) is 3.00. The quantitative estimate of drug-likeness (QED) is 0.665. The molecule has 12 heteroatoms. The second-order valence-corrected chi connectivity index (χ2v) is 4.84. The van der Waals surface area contributed by atoms with E-state index in [2.05, 4.69) is 0 Å². The summed E-state index contributed by atoms with van der Waals surface area (Å²) < 4.78 is 79.2. The molecule has 0 atom stereocenters. The van der Waals surface area contributed by atoms with E-state index < -0.39 is 46.9 Å². The fourth-order valence-electron chi connectivity index (χ4n) is 1.62. The second-order valence-electron chi connectivity index (χ2n) is 4.84. The van der Waals surface area contributed by atoms with Crippen LogP contribution in [0.3, 0.4) is 0 Å². The predicted molar refractivity (Wildman–Crippen MR) is 69.2 cm³/mol. The van der Waals surface area contributed by atoms with Gasteiger partial charge in [-0.05, 0) is 19.1 Å². The van der Waals surface area contributed by atoms with Crippen molar-refractivity contribution in [2.75, 3.05) is 5.32 Å². The lowest BCUT2D eigenvalue weighted by Crippen LogP contribution is -2.62. The maximum Gasteiger partial charge on any atom is 0.411 e. The molecule has 0 spiro atoms. The van der Waals surface area contributed by atoms with Gasteiger partial charge in [0.2, 0.25) is 0 Å². The minimum Gasteiger partial charge on any atom is -0.478 e. The van der Waals surface area contributed by atoms with Crippen molar-refractivity contribution < 1.29 is 50.9 Å². The molecule has 1 amide bonds. The Kier molecular flexibility index (Phi) is 5.07. The average molecular weight is 373 g/mol. The summed E-state index contributed by atoms with van der Waals surface area (Å²) >= 11 is 0. The van der Waals surface area contributed by atoms with E-state index in [4.69, 9.17) is 10.2 Å². The molecule has 1 aromatic carbocycles. The van der Waals surface area contributed by atoms with Crippen LogP contribution in [0.4, 0.5) is 32.0 Å². The van der Waals surface area contributed by atoms with E-state index in [1.165, 1.54) is 6.92 Å². The molecule has 0 saturated heterocycles. The highest BCUT2D eigenvalue weighted by Crippen LogP contribution is 2.46. The zero-order valence-electron chi connectivity index (χ0n) is 12.1. The number of hydrogen-bond donors (Lipinski definition) is 3. The van der Waals surface area contributed by atoms with Gasteiger partial charge in [-0.1, -0.05) is 11.6 Å². The first-order chi connectivity index (χ1) is 11.2. The SMILES string of the molecule is Cc1ccc(NC(=O)C(F)(F)C(F)(F)C(F)(F)C(=O)O)c(C(=O)O)c1. The van der Waals surface area contributed by atoms with Gasteiger partial charge in [0.15, 0.2) is 0 Å². The molecule has 0 saturated carbocycles. The summed E-state index contributed by atoms with van der Waals surface area (Å²) in [6.07, 6.45) is 0. The number of halogens is 6. The summed E-state index contributed by atoms with van der Waals surface area (Å²) in [5, 5.41) is 18.0. The van der Waals surface area contributed by atoms with Gasteiger partial charge in [0.1, 0.15) is 0 Å². The minimum absolute atomic E-state index is 0.310. The van der Waals surface area contributed by atoms with Crippen LogP contribution in [0, 0.1) is 6.92 Å². The van der Waals surface area contributed by atoms with Gasteiger partial charge in [-0.2, -0.15) is 26.3 Å². The molecule has 0 aliphatic heterocycles. The van der Waals surface area contributed by atoms with E-state index >= 15 is 0 Å². The molecule has 0 unspecified atom stereocenters. The molecule has 0 aliphatic carbocycles. The number of aromatic carboxylic acids is 1. The highest BCUT2D eigenvalue weighted by atomic mass is 19.3. The first kappa shape index (κ1) is 20.3. The number of amides is 1. The van der Waals surface area contributed by atoms with E-state index in [-0.39, 0.29) is 0 Å². The Morgan fingerprint density at radius 3 is 1.92 bits per heavy atom. The standard InChI is InChI=1S/C13H9F6NO5/c1-5-2-3-7(6(4-5)8(21)22)20-9(23)11(14,15)13(18,19)12(16,17)10(24)25/h2-4H,1H3,(H,20,23)(H,21,22)(H,24,25). The van der Waals surface area contributed by atoms with Crippen LogP contribution in [-0.4, -0.2) is 45.8 Å². The molecule has 0 aromatic heterocycles. The van der Waals surface area contributed by atoms with Crippen molar-refractivity contribution in [1.29, 1.82) is 0 Å². The Labute approximate surface area is 135 Å². The number of aryl methyl sites for hydroxylation is 1. The highest BCUT2D eigenvalue weighted by molar-refractivity contribution is 6.03. The molecule has 1 aromatic rings.